The van der Waals surface area contributed by atoms with E-state index in [4.69, 9.17) is 21.1 Å². The molecule has 4 nitrogen and oxygen atoms in total. The molecule has 0 heterocycles. The second-order valence-corrected chi connectivity index (χ2v) is 5.29. The summed E-state index contributed by atoms with van der Waals surface area (Å²) in [6.45, 7) is 5.33. The van der Waals surface area contributed by atoms with Gasteiger partial charge in [0.05, 0.1) is 17.8 Å². The molecule has 0 atom stereocenters. The number of benzene rings is 1. The van der Waals surface area contributed by atoms with Gasteiger partial charge in [0.25, 0.3) is 0 Å². The van der Waals surface area contributed by atoms with Gasteiger partial charge in [-0.05, 0) is 24.6 Å². The van der Waals surface area contributed by atoms with Crippen LogP contribution in [-0.2, 0) is 0 Å². The van der Waals surface area contributed by atoms with Crippen LogP contribution in [0.15, 0.2) is 29.9 Å². The van der Waals surface area contributed by atoms with Crippen molar-refractivity contribution in [2.24, 2.45) is 5.10 Å². The van der Waals surface area contributed by atoms with Crippen molar-refractivity contribution in [2.75, 3.05) is 13.2 Å². The number of hydrogen-bond acceptors (Lipinski definition) is 4. The number of nitrogens with zero attached hydrogens (tertiary/aromatic N) is 1. The van der Waals surface area contributed by atoms with Crippen molar-refractivity contribution in [3.8, 4) is 11.5 Å². The van der Waals surface area contributed by atoms with Gasteiger partial charge < -0.3 is 9.47 Å². The third-order valence-electron chi connectivity index (χ3n) is 2.85. The summed E-state index contributed by atoms with van der Waals surface area (Å²) in [5.74, 6) is -6.13. The minimum atomic E-state index is -6.46. The molecule has 0 aromatic heterocycles. The molecule has 12 heteroatoms. The monoisotopic (exact) mass is 422 g/mol. The van der Waals surface area contributed by atoms with Gasteiger partial charge in [0, 0.05) is 0 Å². The number of ether oxygens (including phenoxy) is 2. The van der Waals surface area contributed by atoms with Crippen molar-refractivity contribution in [3.05, 3.63) is 35.4 Å². The van der Waals surface area contributed by atoms with Gasteiger partial charge >= 0.3 is 18.1 Å². The summed E-state index contributed by atoms with van der Waals surface area (Å²) in [6, 6.07) is -3.28. The van der Waals surface area contributed by atoms with Crippen LogP contribution in [0.25, 0.3) is 0 Å². The maximum absolute atomic E-state index is 13.1. The predicted octanol–water partition coefficient (Wildman–Crippen LogP) is 5.02. The summed E-state index contributed by atoms with van der Waals surface area (Å²) >= 11 is 5.97. The first kappa shape index (κ1) is 22.9. The van der Waals surface area contributed by atoms with Crippen molar-refractivity contribution in [1.82, 2.24) is 5.43 Å². The molecule has 0 saturated carbocycles. The summed E-state index contributed by atoms with van der Waals surface area (Å²) in [4.78, 5) is 0. The van der Waals surface area contributed by atoms with Crippen LogP contribution in [0.5, 0.6) is 11.5 Å². The van der Waals surface area contributed by atoms with E-state index in [1.54, 1.807) is 6.92 Å². The van der Waals surface area contributed by atoms with Gasteiger partial charge in [-0.2, -0.15) is 35.8 Å². The molecular formula is C15H14ClF7N2O2. The molecule has 27 heavy (non-hydrogen) atoms. The van der Waals surface area contributed by atoms with Crippen molar-refractivity contribution in [1.29, 1.82) is 0 Å². The van der Waals surface area contributed by atoms with E-state index in [2.05, 4.69) is 11.7 Å². The molecule has 0 aliphatic rings. The van der Waals surface area contributed by atoms with Crippen LogP contribution in [0.3, 0.4) is 0 Å². The van der Waals surface area contributed by atoms with Gasteiger partial charge in [-0.3, -0.25) is 0 Å². The lowest BCUT2D eigenvalue weighted by Gasteiger charge is -2.27. The lowest BCUT2D eigenvalue weighted by Crippen LogP contribution is -2.58. The first-order chi connectivity index (χ1) is 12.4. The number of rotatable bonds is 9. The number of hydrogen-bond donors (Lipinski definition) is 1. The Morgan fingerprint density at radius 2 is 1.78 bits per heavy atom. The van der Waals surface area contributed by atoms with Crippen LogP contribution < -0.4 is 14.9 Å². The van der Waals surface area contributed by atoms with E-state index in [9.17, 15) is 30.7 Å². The highest BCUT2D eigenvalue weighted by atomic mass is 35.5. The highest BCUT2D eigenvalue weighted by Crippen LogP contribution is 2.45. The maximum Gasteiger partial charge on any atom is 0.462 e. The van der Waals surface area contributed by atoms with Crippen LogP contribution in [0, 0.1) is 0 Å². The molecule has 1 aromatic carbocycles. The Kier molecular flexibility index (Phi) is 7.35. The molecule has 0 unspecified atom stereocenters. The minimum absolute atomic E-state index is 0.0203. The summed E-state index contributed by atoms with van der Waals surface area (Å²) < 4.78 is 98.4. The third kappa shape index (κ3) is 5.41. The number of alkyl halides is 7. The van der Waals surface area contributed by atoms with Crippen LogP contribution in [0.4, 0.5) is 30.7 Å². The summed E-state index contributed by atoms with van der Waals surface area (Å²) in [5, 5.41) is 2.72. The predicted molar refractivity (Wildman–Crippen MR) is 85.0 cm³/mol. The fraction of sp³-hybridized carbons (Fsp3) is 0.400. The third-order valence-corrected chi connectivity index (χ3v) is 3.13. The largest absolute Gasteiger partial charge is 0.490 e. The van der Waals surface area contributed by atoms with E-state index < -0.39 is 18.1 Å². The first-order valence-corrected chi connectivity index (χ1v) is 7.57. The lowest BCUT2D eigenvalue weighted by molar-refractivity contribution is -0.361. The van der Waals surface area contributed by atoms with Crippen LogP contribution in [0.2, 0.25) is 5.02 Å². The quantitative estimate of drug-likeness (QED) is 0.200. The van der Waals surface area contributed by atoms with Gasteiger partial charge in [-0.25, -0.2) is 5.43 Å². The molecule has 0 spiro atoms. The number of halogens is 8. The fourth-order valence-electron chi connectivity index (χ4n) is 1.64. The lowest BCUT2D eigenvalue weighted by atomic mass is 10.2. The normalized spacial score (nSPS) is 12.9. The Balaban J connectivity index is 3.06. The highest BCUT2D eigenvalue weighted by Gasteiger charge is 2.73. The Morgan fingerprint density at radius 1 is 1.15 bits per heavy atom. The fourth-order valence-corrected chi connectivity index (χ4v) is 1.92. The molecule has 0 amide bonds. The zero-order valence-electron chi connectivity index (χ0n) is 13.7. The van der Waals surface area contributed by atoms with Crippen LogP contribution in [-0.4, -0.2) is 37.6 Å². The average molecular weight is 423 g/mol. The SMILES string of the molecule is C=CCOc1c(Cl)cc(/C=N/NC(F)(F)C(F)(F)C(F)(F)F)cc1OCC. The van der Waals surface area contributed by atoms with E-state index >= 15 is 0 Å². The van der Waals surface area contributed by atoms with E-state index in [-0.39, 0.29) is 35.3 Å². The Labute approximate surface area is 154 Å². The van der Waals surface area contributed by atoms with Crippen molar-refractivity contribution < 1.29 is 40.2 Å². The highest BCUT2D eigenvalue weighted by molar-refractivity contribution is 6.32. The first-order valence-electron chi connectivity index (χ1n) is 7.20. The summed E-state index contributed by atoms with van der Waals surface area (Å²) in [5.41, 5.74) is 0.491. The zero-order chi connectivity index (χ0) is 20.9. The summed E-state index contributed by atoms with van der Waals surface area (Å²) in [7, 11) is 0. The molecule has 0 aliphatic heterocycles. The van der Waals surface area contributed by atoms with E-state index in [0.29, 0.717) is 11.6 Å². The Morgan fingerprint density at radius 3 is 2.30 bits per heavy atom. The molecule has 1 N–H and O–H groups in total. The summed E-state index contributed by atoms with van der Waals surface area (Å²) in [6.07, 6.45) is -4.46. The van der Waals surface area contributed by atoms with E-state index in [1.807, 2.05) is 0 Å². The standard InChI is InChI=1S/C15H14ClF7N2O2/c1-3-5-27-12-10(16)6-9(7-11(12)26-4-2)8-24-25-15(22,23)13(17,18)14(19,20)21/h3,6-8,25H,1,4-5H2,2H3/b24-8+. The Hall–Kier alpha value is -2.17. The molecule has 0 radical (unpaired) electrons. The molecular weight excluding hydrogens is 409 g/mol. The second kappa shape index (κ2) is 8.68. The number of hydrazone groups is 1. The van der Waals surface area contributed by atoms with Crippen molar-refractivity contribution >= 4 is 17.8 Å². The zero-order valence-corrected chi connectivity index (χ0v) is 14.5. The Bertz CT molecular complexity index is 693. The second-order valence-electron chi connectivity index (χ2n) is 4.88. The maximum atomic E-state index is 13.1. The van der Waals surface area contributed by atoms with Crippen LogP contribution >= 0.6 is 11.6 Å². The topological polar surface area (TPSA) is 42.8 Å². The minimum Gasteiger partial charge on any atom is -0.490 e. The molecule has 0 aliphatic carbocycles. The van der Waals surface area contributed by atoms with Crippen molar-refractivity contribution in [3.63, 3.8) is 0 Å². The number of nitrogens with one attached hydrogen (secondary N) is 1. The molecule has 152 valence electrons. The average Bonchev–Trinajstić information content (AvgIpc) is 2.53. The van der Waals surface area contributed by atoms with Gasteiger partial charge in [0.2, 0.25) is 0 Å². The van der Waals surface area contributed by atoms with E-state index in [1.165, 1.54) is 12.1 Å². The van der Waals surface area contributed by atoms with E-state index in [0.717, 1.165) is 6.07 Å². The molecule has 1 rings (SSSR count). The van der Waals surface area contributed by atoms with Gasteiger partial charge in [0.15, 0.2) is 11.5 Å². The molecule has 0 bridgehead atoms. The molecule has 1 aromatic rings. The van der Waals surface area contributed by atoms with Crippen LogP contribution in [0.1, 0.15) is 12.5 Å². The van der Waals surface area contributed by atoms with Gasteiger partial charge in [0.1, 0.15) is 6.61 Å². The van der Waals surface area contributed by atoms with Crippen molar-refractivity contribution in [2.45, 2.75) is 25.1 Å². The molecule has 0 saturated heterocycles. The van der Waals surface area contributed by atoms with Gasteiger partial charge in [-0.1, -0.05) is 24.3 Å². The van der Waals surface area contributed by atoms with Gasteiger partial charge in [-0.15, -0.1) is 0 Å². The molecule has 0 fully saturated rings. The smallest absolute Gasteiger partial charge is 0.462 e.